The topological polar surface area (TPSA) is 108 Å². The maximum atomic E-state index is 13.1. The fraction of sp³-hybridized carbons (Fsp3) is 0.450. The van der Waals surface area contributed by atoms with Gasteiger partial charge in [0.2, 0.25) is 5.91 Å². The molecule has 1 aliphatic carbocycles. The average molecular weight is 451 g/mol. The Bertz CT molecular complexity index is 964. The largest absolute Gasteiger partial charge is 0.335 e. The zero-order valence-corrected chi connectivity index (χ0v) is 18.6. The minimum Gasteiger partial charge on any atom is -0.335 e. The number of imide groups is 1. The van der Waals surface area contributed by atoms with E-state index >= 15 is 0 Å². The lowest BCUT2D eigenvalue weighted by Gasteiger charge is -2.34. The van der Waals surface area contributed by atoms with Gasteiger partial charge in [-0.25, -0.2) is 22.5 Å². The van der Waals surface area contributed by atoms with Gasteiger partial charge in [0.1, 0.15) is 6.54 Å². The first-order chi connectivity index (χ1) is 14.3. The van der Waals surface area contributed by atoms with Crippen molar-refractivity contribution in [1.82, 2.24) is 15.6 Å². The number of amides is 3. The standard InChI is InChI=1S/C20H26N4O4S2/c1-14-7-6-10-17(15(14)2)22-19(26)23-18(25)13-24(20-21-11-12-29-20)30(27,28)16-8-4-3-5-9-16/h3-5,8-9,11-12,14-15,17H,6-7,10,13H2,1-2H3,(H2,22,23,25,26)/t14-,15+,17-/m1/s1. The fourth-order valence-corrected chi connectivity index (χ4v) is 5.87. The second-order valence-electron chi connectivity index (χ2n) is 7.53. The Hall–Kier alpha value is -2.46. The summed E-state index contributed by atoms with van der Waals surface area (Å²) in [5, 5.41) is 6.90. The Morgan fingerprint density at radius 2 is 1.93 bits per heavy atom. The quantitative estimate of drug-likeness (QED) is 0.703. The lowest BCUT2D eigenvalue weighted by Crippen LogP contribution is -2.51. The monoisotopic (exact) mass is 450 g/mol. The van der Waals surface area contributed by atoms with Gasteiger partial charge in [0, 0.05) is 17.6 Å². The summed E-state index contributed by atoms with van der Waals surface area (Å²) >= 11 is 1.10. The number of anilines is 1. The van der Waals surface area contributed by atoms with Gasteiger partial charge in [0.25, 0.3) is 10.0 Å². The molecular formula is C20H26N4O4S2. The van der Waals surface area contributed by atoms with Crippen LogP contribution in [0.4, 0.5) is 9.93 Å². The molecule has 8 nitrogen and oxygen atoms in total. The molecule has 30 heavy (non-hydrogen) atoms. The molecule has 0 bridgehead atoms. The molecule has 0 aliphatic heterocycles. The summed E-state index contributed by atoms with van der Waals surface area (Å²) < 4.78 is 27.0. The number of hydrogen-bond acceptors (Lipinski definition) is 6. The van der Waals surface area contributed by atoms with E-state index in [0.717, 1.165) is 34.9 Å². The lowest BCUT2D eigenvalue weighted by atomic mass is 9.78. The lowest BCUT2D eigenvalue weighted by molar-refractivity contribution is -0.118. The van der Waals surface area contributed by atoms with Crippen LogP contribution < -0.4 is 14.9 Å². The van der Waals surface area contributed by atoms with Crippen molar-refractivity contribution in [2.24, 2.45) is 11.8 Å². The Morgan fingerprint density at radius 3 is 2.60 bits per heavy atom. The number of thiazole rings is 1. The number of carbonyl (C=O) groups excluding carboxylic acids is 2. The predicted octanol–water partition coefficient (Wildman–Crippen LogP) is 2.99. The van der Waals surface area contributed by atoms with Crippen LogP contribution in [0.3, 0.4) is 0 Å². The van der Waals surface area contributed by atoms with Gasteiger partial charge in [0.15, 0.2) is 5.13 Å². The van der Waals surface area contributed by atoms with Gasteiger partial charge in [0.05, 0.1) is 4.90 Å². The highest BCUT2D eigenvalue weighted by molar-refractivity contribution is 7.93. The Labute approximate surface area is 180 Å². The van der Waals surface area contributed by atoms with Crippen LogP contribution in [0.1, 0.15) is 33.1 Å². The normalized spacial score (nSPS) is 21.6. The van der Waals surface area contributed by atoms with Crippen LogP contribution in [-0.4, -0.2) is 37.9 Å². The number of urea groups is 1. The summed E-state index contributed by atoms with van der Waals surface area (Å²) in [6.45, 7) is 3.70. The summed E-state index contributed by atoms with van der Waals surface area (Å²) in [6, 6.07) is 7.20. The summed E-state index contributed by atoms with van der Waals surface area (Å²) in [4.78, 5) is 28.9. The molecule has 3 atom stereocenters. The number of sulfonamides is 1. The number of nitrogens with zero attached hydrogens (tertiary/aromatic N) is 2. The molecule has 2 aromatic rings. The predicted molar refractivity (Wildman–Crippen MR) is 116 cm³/mol. The third-order valence-corrected chi connectivity index (χ3v) is 8.19. The van der Waals surface area contributed by atoms with E-state index in [1.807, 2.05) is 0 Å². The molecule has 0 radical (unpaired) electrons. The summed E-state index contributed by atoms with van der Waals surface area (Å²) in [7, 11) is -4.01. The minimum atomic E-state index is -4.01. The molecule has 3 amide bonds. The van der Waals surface area contributed by atoms with Crippen molar-refractivity contribution in [2.75, 3.05) is 10.8 Å². The van der Waals surface area contributed by atoms with Crippen molar-refractivity contribution in [3.05, 3.63) is 41.9 Å². The molecule has 162 valence electrons. The number of aromatic nitrogens is 1. The molecule has 0 spiro atoms. The van der Waals surface area contributed by atoms with E-state index in [9.17, 15) is 18.0 Å². The van der Waals surface area contributed by atoms with E-state index < -0.39 is 28.5 Å². The molecule has 2 N–H and O–H groups in total. The first-order valence-electron chi connectivity index (χ1n) is 9.86. The molecule has 0 saturated heterocycles. The van der Waals surface area contributed by atoms with Crippen LogP contribution >= 0.6 is 11.3 Å². The van der Waals surface area contributed by atoms with Crippen LogP contribution in [-0.2, 0) is 14.8 Å². The molecule has 1 aromatic carbocycles. The van der Waals surface area contributed by atoms with E-state index in [-0.39, 0.29) is 16.1 Å². The smallest absolute Gasteiger partial charge is 0.321 e. The van der Waals surface area contributed by atoms with Gasteiger partial charge in [-0.2, -0.15) is 0 Å². The number of hydrogen-bond donors (Lipinski definition) is 2. The molecule has 1 aromatic heterocycles. The maximum Gasteiger partial charge on any atom is 0.321 e. The highest BCUT2D eigenvalue weighted by Gasteiger charge is 2.31. The van der Waals surface area contributed by atoms with E-state index in [4.69, 9.17) is 0 Å². The van der Waals surface area contributed by atoms with Gasteiger partial charge < -0.3 is 5.32 Å². The van der Waals surface area contributed by atoms with E-state index in [0.29, 0.717) is 11.8 Å². The number of nitrogens with one attached hydrogen (secondary N) is 2. The Kier molecular flexibility index (Phi) is 7.09. The van der Waals surface area contributed by atoms with Crippen LogP contribution in [0.5, 0.6) is 0 Å². The second kappa shape index (κ2) is 9.57. The molecule has 1 aliphatic rings. The van der Waals surface area contributed by atoms with E-state index in [1.165, 1.54) is 18.3 Å². The van der Waals surface area contributed by atoms with Crippen molar-refractivity contribution >= 4 is 38.4 Å². The summed E-state index contributed by atoms with van der Waals surface area (Å²) in [5.41, 5.74) is 0. The maximum absolute atomic E-state index is 13.1. The van der Waals surface area contributed by atoms with E-state index in [2.05, 4.69) is 29.5 Å². The summed E-state index contributed by atoms with van der Waals surface area (Å²) in [5.74, 6) is 0.0831. The van der Waals surface area contributed by atoms with Crippen molar-refractivity contribution in [2.45, 2.75) is 44.0 Å². The zero-order chi connectivity index (χ0) is 21.7. The fourth-order valence-electron chi connectivity index (χ4n) is 3.60. The molecule has 0 unspecified atom stereocenters. The van der Waals surface area contributed by atoms with Crippen molar-refractivity contribution < 1.29 is 18.0 Å². The molecule has 1 heterocycles. The molecule has 10 heteroatoms. The van der Waals surface area contributed by atoms with Crippen LogP contribution in [0, 0.1) is 11.8 Å². The molecule has 1 fully saturated rings. The SMILES string of the molecule is C[C@H]1[C@H](C)CCC[C@H]1NC(=O)NC(=O)CN(c1nccs1)S(=O)(=O)c1ccccc1. The van der Waals surface area contributed by atoms with Crippen molar-refractivity contribution in [1.29, 1.82) is 0 Å². The number of benzene rings is 1. The number of rotatable bonds is 6. The highest BCUT2D eigenvalue weighted by Crippen LogP contribution is 2.29. The van der Waals surface area contributed by atoms with E-state index in [1.54, 1.807) is 23.6 Å². The van der Waals surface area contributed by atoms with Gasteiger partial charge in [-0.1, -0.05) is 44.9 Å². The summed E-state index contributed by atoms with van der Waals surface area (Å²) in [6.07, 6.45) is 4.47. The Balaban J connectivity index is 1.69. The van der Waals surface area contributed by atoms with Crippen LogP contribution in [0.15, 0.2) is 46.8 Å². The molecule has 3 rings (SSSR count). The second-order valence-corrected chi connectivity index (χ2v) is 10.3. The van der Waals surface area contributed by atoms with Crippen LogP contribution in [0.25, 0.3) is 0 Å². The third-order valence-electron chi connectivity index (χ3n) is 5.53. The third kappa shape index (κ3) is 5.17. The molecular weight excluding hydrogens is 424 g/mol. The first kappa shape index (κ1) is 22.2. The highest BCUT2D eigenvalue weighted by atomic mass is 32.2. The van der Waals surface area contributed by atoms with Crippen LogP contribution in [0.2, 0.25) is 0 Å². The number of carbonyl (C=O) groups is 2. The molecule has 1 saturated carbocycles. The van der Waals surface area contributed by atoms with Gasteiger partial charge in [-0.15, -0.1) is 11.3 Å². The van der Waals surface area contributed by atoms with Crippen molar-refractivity contribution in [3.63, 3.8) is 0 Å². The van der Waals surface area contributed by atoms with Crippen molar-refractivity contribution in [3.8, 4) is 0 Å². The average Bonchev–Trinajstić information content (AvgIpc) is 3.24. The van der Waals surface area contributed by atoms with Gasteiger partial charge in [-0.05, 0) is 30.4 Å². The Morgan fingerprint density at radius 1 is 1.20 bits per heavy atom. The minimum absolute atomic E-state index is 0.00957. The van der Waals surface area contributed by atoms with Gasteiger partial charge in [-0.3, -0.25) is 10.1 Å². The zero-order valence-electron chi connectivity index (χ0n) is 16.9. The van der Waals surface area contributed by atoms with Gasteiger partial charge >= 0.3 is 6.03 Å². The first-order valence-corrected chi connectivity index (χ1v) is 12.2.